The zero-order valence-corrected chi connectivity index (χ0v) is 15.7. The number of hydrogen-bond acceptors (Lipinski definition) is 1. The van der Waals surface area contributed by atoms with Crippen LogP contribution in [0.15, 0.2) is 24.3 Å². The quantitative estimate of drug-likeness (QED) is 0.584. The van der Waals surface area contributed by atoms with Crippen LogP contribution >= 0.6 is 0 Å². The second-order valence-corrected chi connectivity index (χ2v) is 8.29. The zero-order chi connectivity index (χ0) is 18.3. The Hall–Kier alpha value is -1.64. The summed E-state index contributed by atoms with van der Waals surface area (Å²) in [4.78, 5) is 0. The maximum absolute atomic E-state index is 15.2. The largest absolute Gasteiger partial charge is 0.494 e. The molecule has 0 spiro atoms. The highest BCUT2D eigenvalue weighted by molar-refractivity contribution is 5.85. The first-order chi connectivity index (χ1) is 12.6. The third-order valence-electron chi connectivity index (χ3n) is 7.00. The lowest BCUT2D eigenvalue weighted by molar-refractivity contribution is 0.116. The van der Waals surface area contributed by atoms with E-state index in [2.05, 4.69) is 6.92 Å². The van der Waals surface area contributed by atoms with Crippen LogP contribution in [-0.4, -0.2) is 7.11 Å². The summed E-state index contributed by atoms with van der Waals surface area (Å²) in [5, 5.41) is 1.07. The van der Waals surface area contributed by atoms with Crippen molar-refractivity contribution in [2.75, 3.05) is 7.11 Å². The predicted octanol–water partition coefficient (Wildman–Crippen LogP) is 6.84. The van der Waals surface area contributed by atoms with Crippen LogP contribution in [-0.2, 0) is 0 Å². The van der Waals surface area contributed by atoms with Crippen molar-refractivity contribution in [3.05, 3.63) is 41.5 Å². The third-order valence-corrected chi connectivity index (χ3v) is 7.00. The van der Waals surface area contributed by atoms with Crippen LogP contribution < -0.4 is 4.74 Å². The van der Waals surface area contributed by atoms with Crippen LogP contribution in [0.1, 0.15) is 63.4 Å². The zero-order valence-electron chi connectivity index (χ0n) is 15.7. The molecule has 2 aliphatic carbocycles. The van der Waals surface area contributed by atoms with Crippen molar-refractivity contribution in [3.8, 4) is 5.75 Å². The van der Waals surface area contributed by atoms with E-state index in [0.717, 1.165) is 36.2 Å². The molecule has 1 nitrogen and oxygen atoms in total. The highest BCUT2D eigenvalue weighted by atomic mass is 19.1. The van der Waals surface area contributed by atoms with Crippen LogP contribution in [0, 0.1) is 29.4 Å². The lowest BCUT2D eigenvalue weighted by Crippen LogP contribution is -2.30. The number of ether oxygens (including phenoxy) is 1. The van der Waals surface area contributed by atoms with Crippen molar-refractivity contribution in [1.82, 2.24) is 0 Å². The molecule has 2 aromatic carbocycles. The number of benzene rings is 2. The van der Waals surface area contributed by atoms with Crippen molar-refractivity contribution in [2.24, 2.45) is 17.8 Å². The molecule has 0 aliphatic heterocycles. The molecule has 0 aromatic heterocycles. The first kappa shape index (κ1) is 17.8. The lowest BCUT2D eigenvalue weighted by atomic mass is 9.63. The number of rotatable bonds is 3. The fourth-order valence-electron chi connectivity index (χ4n) is 5.42. The Morgan fingerprint density at radius 1 is 1.00 bits per heavy atom. The van der Waals surface area contributed by atoms with Crippen molar-refractivity contribution in [2.45, 2.75) is 57.8 Å². The molecule has 4 rings (SSSR count). The summed E-state index contributed by atoms with van der Waals surface area (Å²) >= 11 is 0. The van der Waals surface area contributed by atoms with Gasteiger partial charge in [0.15, 0.2) is 11.6 Å². The maximum Gasteiger partial charge on any atom is 0.165 e. The van der Waals surface area contributed by atoms with Gasteiger partial charge < -0.3 is 4.74 Å². The SMILES string of the molecule is CCC1CCC2CC(c3ccc4cc(OC)c(F)cc4c3F)CCC2C1. The number of hydrogen-bond donors (Lipinski definition) is 0. The molecule has 4 atom stereocenters. The minimum absolute atomic E-state index is 0.165. The molecule has 0 saturated heterocycles. The normalized spacial score (nSPS) is 28.8. The van der Waals surface area contributed by atoms with Crippen LogP contribution in [0.25, 0.3) is 10.8 Å². The Morgan fingerprint density at radius 2 is 1.77 bits per heavy atom. The Morgan fingerprint density at radius 3 is 2.54 bits per heavy atom. The standard InChI is InChI=1S/C23H28F2O/c1-3-14-4-5-16-11-17(7-6-15(16)10-14)19-9-8-18-12-22(26-2)21(24)13-20(18)23(19)25/h8-9,12-17H,3-7,10-11H2,1-2H3. The van der Waals surface area contributed by atoms with Gasteiger partial charge in [0.1, 0.15) is 5.82 Å². The summed E-state index contributed by atoms with van der Waals surface area (Å²) < 4.78 is 34.3. The van der Waals surface area contributed by atoms with E-state index in [1.54, 1.807) is 6.07 Å². The Labute approximate surface area is 154 Å². The average Bonchev–Trinajstić information content (AvgIpc) is 2.67. The Bertz CT molecular complexity index is 800. The third kappa shape index (κ3) is 3.10. The monoisotopic (exact) mass is 358 g/mol. The van der Waals surface area contributed by atoms with Gasteiger partial charge in [-0.3, -0.25) is 0 Å². The predicted molar refractivity (Wildman–Crippen MR) is 102 cm³/mol. The second kappa shape index (κ2) is 7.17. The van der Waals surface area contributed by atoms with Crippen molar-refractivity contribution >= 4 is 10.8 Å². The second-order valence-electron chi connectivity index (χ2n) is 8.29. The van der Waals surface area contributed by atoms with E-state index in [1.165, 1.54) is 45.3 Å². The fraction of sp³-hybridized carbons (Fsp3) is 0.565. The van der Waals surface area contributed by atoms with E-state index < -0.39 is 5.82 Å². The Kier molecular flexibility index (Phi) is 4.90. The first-order valence-electron chi connectivity index (χ1n) is 10.1. The van der Waals surface area contributed by atoms with E-state index in [0.29, 0.717) is 10.8 Å². The van der Waals surface area contributed by atoms with Crippen LogP contribution in [0.4, 0.5) is 8.78 Å². The summed E-state index contributed by atoms with van der Waals surface area (Å²) in [5.74, 6) is 2.15. The van der Waals surface area contributed by atoms with Gasteiger partial charge in [-0.1, -0.05) is 31.9 Å². The van der Waals surface area contributed by atoms with Gasteiger partial charge in [0.25, 0.3) is 0 Å². The molecular formula is C23H28F2O. The molecule has 2 aliphatic rings. The molecule has 0 amide bonds. The maximum atomic E-state index is 15.2. The van der Waals surface area contributed by atoms with Crippen LogP contribution in [0.3, 0.4) is 0 Å². The van der Waals surface area contributed by atoms with Crippen LogP contribution in [0.2, 0.25) is 0 Å². The smallest absolute Gasteiger partial charge is 0.165 e. The molecule has 4 unspecified atom stereocenters. The van der Waals surface area contributed by atoms with Crippen molar-refractivity contribution in [1.29, 1.82) is 0 Å². The van der Waals surface area contributed by atoms with Gasteiger partial charge in [-0.15, -0.1) is 0 Å². The summed E-state index contributed by atoms with van der Waals surface area (Å²) in [7, 11) is 1.43. The molecule has 0 N–H and O–H groups in total. The van der Waals surface area contributed by atoms with Crippen LogP contribution in [0.5, 0.6) is 5.75 Å². The van der Waals surface area contributed by atoms with Crippen molar-refractivity contribution in [3.63, 3.8) is 0 Å². The molecule has 2 fully saturated rings. The van der Waals surface area contributed by atoms with Gasteiger partial charge in [-0.25, -0.2) is 8.78 Å². The average molecular weight is 358 g/mol. The van der Waals surface area contributed by atoms with E-state index >= 15 is 4.39 Å². The molecule has 0 heterocycles. The van der Waals surface area contributed by atoms with Gasteiger partial charge >= 0.3 is 0 Å². The minimum atomic E-state index is -0.502. The minimum Gasteiger partial charge on any atom is -0.494 e. The highest BCUT2D eigenvalue weighted by Crippen LogP contribution is 2.48. The Balaban J connectivity index is 1.60. The fourth-order valence-corrected chi connectivity index (χ4v) is 5.42. The molecule has 2 saturated carbocycles. The van der Waals surface area contributed by atoms with E-state index in [4.69, 9.17) is 4.74 Å². The van der Waals surface area contributed by atoms with Gasteiger partial charge in [-0.05, 0) is 78.9 Å². The van der Waals surface area contributed by atoms with Gasteiger partial charge in [0.2, 0.25) is 0 Å². The van der Waals surface area contributed by atoms with Gasteiger partial charge in [-0.2, -0.15) is 0 Å². The molecule has 26 heavy (non-hydrogen) atoms. The number of methoxy groups -OCH3 is 1. The number of fused-ring (bicyclic) bond motifs is 2. The highest BCUT2D eigenvalue weighted by Gasteiger charge is 2.36. The number of halogens is 2. The molecule has 3 heteroatoms. The lowest BCUT2D eigenvalue weighted by Gasteiger charge is -2.42. The topological polar surface area (TPSA) is 9.23 Å². The summed E-state index contributed by atoms with van der Waals surface area (Å²) in [5.41, 5.74) is 0.776. The molecular weight excluding hydrogens is 330 g/mol. The van der Waals surface area contributed by atoms with E-state index in [1.807, 2.05) is 12.1 Å². The molecule has 0 bridgehead atoms. The molecule has 2 aromatic rings. The van der Waals surface area contributed by atoms with E-state index in [-0.39, 0.29) is 17.5 Å². The summed E-state index contributed by atoms with van der Waals surface area (Å²) in [6.07, 6.45) is 8.62. The molecule has 0 radical (unpaired) electrons. The summed E-state index contributed by atoms with van der Waals surface area (Å²) in [6.45, 7) is 2.30. The van der Waals surface area contributed by atoms with Gasteiger partial charge in [0, 0.05) is 5.39 Å². The van der Waals surface area contributed by atoms with Crippen molar-refractivity contribution < 1.29 is 13.5 Å². The first-order valence-corrected chi connectivity index (χ1v) is 10.1. The van der Waals surface area contributed by atoms with E-state index in [9.17, 15) is 4.39 Å². The van der Waals surface area contributed by atoms with Gasteiger partial charge in [0.05, 0.1) is 7.11 Å². The summed E-state index contributed by atoms with van der Waals surface area (Å²) in [6, 6.07) is 6.69. The molecule has 140 valence electrons.